The molecule has 0 fully saturated rings. The summed E-state index contributed by atoms with van der Waals surface area (Å²) in [5, 5.41) is 16.6. The second-order valence-corrected chi connectivity index (χ2v) is 5.69. The fourth-order valence-corrected chi connectivity index (χ4v) is 2.40. The van der Waals surface area contributed by atoms with Gasteiger partial charge in [-0.15, -0.1) is 0 Å². The number of phenolic OH excluding ortho intramolecular Hbond substituents is 1. The molecule has 0 aliphatic carbocycles. The molecule has 0 aliphatic rings. The normalized spacial score (nSPS) is 10.9. The zero-order valence-corrected chi connectivity index (χ0v) is 14.7. The molecule has 0 unspecified atom stereocenters. The molecule has 3 N–H and O–H groups in total. The molecule has 0 aromatic heterocycles. The van der Waals surface area contributed by atoms with Gasteiger partial charge in [0.1, 0.15) is 11.5 Å². The van der Waals surface area contributed by atoms with Crippen LogP contribution in [0.2, 0.25) is 0 Å². The number of hydrazone groups is 1. The minimum atomic E-state index is -0.520. The summed E-state index contributed by atoms with van der Waals surface area (Å²) in [5.41, 5.74) is 3.96. The number of hydrogen-bond acceptors (Lipinski definition) is 4. The number of ether oxygens (including phenoxy) is 1. The van der Waals surface area contributed by atoms with Crippen molar-refractivity contribution in [2.24, 2.45) is 5.10 Å². The fraction of sp³-hybridized carbons (Fsp3) is 0.0476. The Hall–Kier alpha value is -3.80. The van der Waals surface area contributed by atoms with Gasteiger partial charge in [-0.05, 0) is 43.3 Å². The van der Waals surface area contributed by atoms with Crippen molar-refractivity contribution in [3.63, 3.8) is 0 Å². The van der Waals surface area contributed by atoms with Crippen molar-refractivity contribution in [1.82, 2.24) is 5.43 Å². The van der Waals surface area contributed by atoms with Crippen LogP contribution in [0.15, 0.2) is 84.0 Å². The Labute approximate surface area is 157 Å². The SMILES string of the molecule is C/C(=N\NC(=O)Nc1ccccc1Oc1ccccc1)c1ccccc1O. The van der Waals surface area contributed by atoms with E-state index < -0.39 is 6.03 Å². The van der Waals surface area contributed by atoms with Crippen molar-refractivity contribution in [1.29, 1.82) is 0 Å². The van der Waals surface area contributed by atoms with Gasteiger partial charge < -0.3 is 15.2 Å². The molecule has 2 amide bonds. The van der Waals surface area contributed by atoms with E-state index in [9.17, 15) is 9.90 Å². The maximum Gasteiger partial charge on any atom is 0.339 e. The summed E-state index contributed by atoms with van der Waals surface area (Å²) >= 11 is 0. The van der Waals surface area contributed by atoms with Crippen molar-refractivity contribution in [2.75, 3.05) is 5.32 Å². The first kappa shape index (κ1) is 18.0. The predicted molar refractivity (Wildman–Crippen MR) is 105 cm³/mol. The first-order chi connectivity index (χ1) is 13.1. The summed E-state index contributed by atoms with van der Waals surface area (Å²) in [7, 11) is 0. The Kier molecular flexibility index (Phi) is 5.69. The van der Waals surface area contributed by atoms with Crippen molar-refractivity contribution in [2.45, 2.75) is 6.92 Å². The first-order valence-electron chi connectivity index (χ1n) is 8.35. The topological polar surface area (TPSA) is 83.0 Å². The van der Waals surface area contributed by atoms with E-state index in [0.717, 1.165) is 0 Å². The molecule has 0 saturated heterocycles. The van der Waals surface area contributed by atoms with Gasteiger partial charge in [0.2, 0.25) is 0 Å². The lowest BCUT2D eigenvalue weighted by Crippen LogP contribution is -2.25. The number of hydrogen-bond donors (Lipinski definition) is 3. The number of phenols is 1. The number of nitrogens with zero attached hydrogens (tertiary/aromatic N) is 1. The smallest absolute Gasteiger partial charge is 0.339 e. The maximum atomic E-state index is 12.2. The monoisotopic (exact) mass is 361 g/mol. The van der Waals surface area contributed by atoms with Crippen LogP contribution in [0.4, 0.5) is 10.5 Å². The number of para-hydroxylation sites is 4. The molecule has 0 radical (unpaired) electrons. The lowest BCUT2D eigenvalue weighted by molar-refractivity contribution is 0.252. The van der Waals surface area contributed by atoms with E-state index in [1.807, 2.05) is 36.4 Å². The van der Waals surface area contributed by atoms with E-state index >= 15 is 0 Å². The average molecular weight is 361 g/mol. The van der Waals surface area contributed by atoms with Crippen LogP contribution in [0.25, 0.3) is 0 Å². The lowest BCUT2D eigenvalue weighted by Gasteiger charge is -2.12. The molecule has 0 bridgehead atoms. The van der Waals surface area contributed by atoms with Crippen LogP contribution in [0, 0.1) is 0 Å². The molecule has 0 heterocycles. The van der Waals surface area contributed by atoms with Gasteiger partial charge in [0.25, 0.3) is 0 Å². The predicted octanol–water partition coefficient (Wildman–Crippen LogP) is 4.73. The highest BCUT2D eigenvalue weighted by molar-refractivity contribution is 6.02. The van der Waals surface area contributed by atoms with Crippen LogP contribution in [0.1, 0.15) is 12.5 Å². The number of aromatic hydroxyl groups is 1. The Morgan fingerprint density at radius 1 is 0.926 bits per heavy atom. The van der Waals surface area contributed by atoms with Crippen molar-refractivity contribution >= 4 is 17.4 Å². The van der Waals surface area contributed by atoms with Gasteiger partial charge in [0.15, 0.2) is 5.75 Å². The highest BCUT2D eigenvalue weighted by atomic mass is 16.5. The van der Waals surface area contributed by atoms with E-state index in [2.05, 4.69) is 15.8 Å². The number of carbonyl (C=O) groups is 1. The molecule has 27 heavy (non-hydrogen) atoms. The number of anilines is 1. The second-order valence-electron chi connectivity index (χ2n) is 5.69. The molecule has 0 spiro atoms. The molecular weight excluding hydrogens is 342 g/mol. The molecule has 0 atom stereocenters. The summed E-state index contributed by atoms with van der Waals surface area (Å²) in [5.74, 6) is 1.28. The highest BCUT2D eigenvalue weighted by Crippen LogP contribution is 2.28. The first-order valence-corrected chi connectivity index (χ1v) is 8.35. The van der Waals surface area contributed by atoms with Gasteiger partial charge >= 0.3 is 6.03 Å². The zero-order chi connectivity index (χ0) is 19.1. The van der Waals surface area contributed by atoms with Gasteiger partial charge in [-0.2, -0.15) is 5.10 Å². The van der Waals surface area contributed by atoms with Crippen LogP contribution in [0.3, 0.4) is 0 Å². The molecule has 0 saturated carbocycles. The minimum absolute atomic E-state index is 0.0996. The Morgan fingerprint density at radius 3 is 2.37 bits per heavy atom. The third kappa shape index (κ3) is 4.85. The van der Waals surface area contributed by atoms with Crippen LogP contribution < -0.4 is 15.5 Å². The highest BCUT2D eigenvalue weighted by Gasteiger charge is 2.09. The maximum absolute atomic E-state index is 12.2. The Bertz CT molecular complexity index is 956. The van der Waals surface area contributed by atoms with Gasteiger partial charge in [0.05, 0.1) is 11.4 Å². The van der Waals surface area contributed by atoms with E-state index in [1.165, 1.54) is 0 Å². The lowest BCUT2D eigenvalue weighted by atomic mass is 10.1. The summed E-state index contributed by atoms with van der Waals surface area (Å²) < 4.78 is 5.81. The number of carbonyl (C=O) groups excluding carboxylic acids is 1. The van der Waals surface area contributed by atoms with Gasteiger partial charge in [0, 0.05) is 5.56 Å². The van der Waals surface area contributed by atoms with Crippen LogP contribution >= 0.6 is 0 Å². The Balaban J connectivity index is 1.68. The number of benzene rings is 3. The van der Waals surface area contributed by atoms with Crippen LogP contribution in [-0.4, -0.2) is 16.8 Å². The molecule has 136 valence electrons. The van der Waals surface area contributed by atoms with E-state index in [4.69, 9.17) is 4.74 Å². The quantitative estimate of drug-likeness (QED) is 0.454. The molecule has 6 heteroatoms. The van der Waals surface area contributed by atoms with E-state index in [1.54, 1.807) is 49.4 Å². The third-order valence-electron chi connectivity index (χ3n) is 3.73. The molecule has 3 aromatic rings. The average Bonchev–Trinajstić information content (AvgIpc) is 2.69. The van der Waals surface area contributed by atoms with Crippen molar-refractivity contribution in [3.8, 4) is 17.2 Å². The van der Waals surface area contributed by atoms with Crippen molar-refractivity contribution in [3.05, 3.63) is 84.4 Å². The molecular formula is C21H19N3O3. The third-order valence-corrected chi connectivity index (χ3v) is 3.73. The molecule has 3 rings (SSSR count). The number of urea groups is 1. The van der Waals surface area contributed by atoms with E-state index in [-0.39, 0.29) is 5.75 Å². The fourth-order valence-electron chi connectivity index (χ4n) is 2.40. The van der Waals surface area contributed by atoms with Gasteiger partial charge in [-0.1, -0.05) is 42.5 Å². The molecule has 0 aliphatic heterocycles. The van der Waals surface area contributed by atoms with E-state index in [0.29, 0.717) is 28.5 Å². The summed E-state index contributed by atoms with van der Waals surface area (Å²) in [6, 6.07) is 22.7. The summed E-state index contributed by atoms with van der Waals surface area (Å²) in [4.78, 5) is 12.2. The summed E-state index contributed by atoms with van der Waals surface area (Å²) in [6.07, 6.45) is 0. The Morgan fingerprint density at radius 2 is 1.59 bits per heavy atom. The van der Waals surface area contributed by atoms with Crippen molar-refractivity contribution < 1.29 is 14.6 Å². The number of rotatable bonds is 5. The largest absolute Gasteiger partial charge is 0.507 e. The number of nitrogens with one attached hydrogen (secondary N) is 2. The minimum Gasteiger partial charge on any atom is -0.507 e. The molecule has 6 nitrogen and oxygen atoms in total. The number of amides is 2. The molecule has 3 aromatic carbocycles. The van der Waals surface area contributed by atoms with Gasteiger partial charge in [-0.25, -0.2) is 10.2 Å². The van der Waals surface area contributed by atoms with Crippen LogP contribution in [-0.2, 0) is 0 Å². The summed E-state index contributed by atoms with van der Waals surface area (Å²) in [6.45, 7) is 1.70. The standard InChI is InChI=1S/C21H19N3O3/c1-15(17-11-5-7-13-19(17)25)23-24-21(26)22-18-12-6-8-14-20(18)27-16-9-3-2-4-10-16/h2-14,25H,1H3,(H2,22,24,26)/b23-15+. The zero-order valence-electron chi connectivity index (χ0n) is 14.7. The van der Waals surface area contributed by atoms with Crippen LogP contribution in [0.5, 0.6) is 17.2 Å². The second kappa shape index (κ2) is 8.53. The van der Waals surface area contributed by atoms with Gasteiger partial charge in [-0.3, -0.25) is 0 Å².